The van der Waals surface area contributed by atoms with Crippen LogP contribution in [0.2, 0.25) is 0 Å². The number of nitrogens with one attached hydrogen (secondary N) is 1. The Morgan fingerprint density at radius 1 is 0.907 bits per heavy atom. The maximum absolute atomic E-state index is 12.7. The first-order valence-corrected chi connectivity index (χ1v) is 22.4. The van der Waals surface area contributed by atoms with E-state index in [-0.39, 0.29) is 35.6 Å². The molecular weight excluding hydrogens is 705 g/mol. The van der Waals surface area contributed by atoms with E-state index in [0.717, 1.165) is 54.8 Å². The second-order valence-electron chi connectivity index (χ2n) is 17.5. The Labute approximate surface area is 330 Å². The summed E-state index contributed by atoms with van der Waals surface area (Å²) >= 11 is 1.33. The number of ether oxygens (including phenoxy) is 5. The Morgan fingerprint density at radius 2 is 1.59 bits per heavy atom. The van der Waals surface area contributed by atoms with Crippen molar-refractivity contribution >= 4 is 29.9 Å². The van der Waals surface area contributed by atoms with Crippen LogP contribution in [0.3, 0.4) is 0 Å². The van der Waals surface area contributed by atoms with E-state index >= 15 is 0 Å². The summed E-state index contributed by atoms with van der Waals surface area (Å²) in [4.78, 5) is 34.9. The van der Waals surface area contributed by atoms with Crippen molar-refractivity contribution in [2.45, 2.75) is 124 Å². The van der Waals surface area contributed by atoms with E-state index in [4.69, 9.17) is 29.4 Å². The summed E-state index contributed by atoms with van der Waals surface area (Å²) in [5.74, 6) is 5.40. The molecule has 3 saturated carbocycles. The van der Waals surface area contributed by atoms with Crippen molar-refractivity contribution in [3.8, 4) is 0 Å². The van der Waals surface area contributed by atoms with Gasteiger partial charge in [-0.2, -0.15) is 0 Å². The Morgan fingerprint density at radius 3 is 2.28 bits per heavy atom. The zero-order valence-electron chi connectivity index (χ0n) is 34.3. The number of hydrogen-bond donors (Lipinski definition) is 2. The van der Waals surface area contributed by atoms with Crippen LogP contribution in [-0.2, 0) is 38.1 Å². The minimum atomic E-state index is -0.535. The van der Waals surface area contributed by atoms with Gasteiger partial charge in [-0.25, -0.2) is 0 Å². The molecule has 0 aliphatic heterocycles. The van der Waals surface area contributed by atoms with Crippen molar-refractivity contribution in [3.63, 3.8) is 0 Å². The number of amides is 1. The molecule has 0 bridgehead atoms. The van der Waals surface area contributed by atoms with Crippen molar-refractivity contribution in [3.05, 3.63) is 11.6 Å². The smallest absolute Gasteiger partial charge is 0.308 e. The van der Waals surface area contributed by atoms with Gasteiger partial charge in [0, 0.05) is 18.7 Å². The van der Waals surface area contributed by atoms with Crippen molar-refractivity contribution in [1.29, 1.82) is 0 Å². The number of aldehydes is 1. The van der Waals surface area contributed by atoms with Crippen LogP contribution in [-0.4, -0.2) is 101 Å². The van der Waals surface area contributed by atoms with E-state index in [1.807, 2.05) is 0 Å². The summed E-state index contributed by atoms with van der Waals surface area (Å²) < 4.78 is 28.1. The highest BCUT2D eigenvalue weighted by atomic mass is 32.2. The van der Waals surface area contributed by atoms with Gasteiger partial charge in [0.1, 0.15) is 12.4 Å². The third kappa shape index (κ3) is 13.3. The first-order chi connectivity index (χ1) is 26.0. The summed E-state index contributed by atoms with van der Waals surface area (Å²) in [6.07, 6.45) is 17.4. The molecule has 1 amide bonds. The Kier molecular flexibility index (Phi) is 19.3. The van der Waals surface area contributed by atoms with Crippen molar-refractivity contribution in [2.24, 2.45) is 52.1 Å². The third-order valence-corrected chi connectivity index (χ3v) is 14.5. The Hall–Kier alpha value is -1.50. The van der Waals surface area contributed by atoms with Gasteiger partial charge in [-0.05, 0) is 91.3 Å². The molecule has 0 aromatic rings. The van der Waals surface area contributed by atoms with E-state index in [1.165, 1.54) is 63.1 Å². The molecule has 3 fully saturated rings. The van der Waals surface area contributed by atoms with Crippen LogP contribution in [0.4, 0.5) is 0 Å². The number of carbonyl (C=O) groups is 3. The third-order valence-electron chi connectivity index (χ3n) is 13.4. The standard InChI is InChI=1S/C43H74N2O8S/c1-31(2)7-6-8-32(3)37-11-12-38-36-10-9-33-27-35(13-16-42(33,4)39(36)14-17-43(37,38)5)53-41(48)15-19-49-21-23-51-25-26-52-24-22-50-20-18-45-40(47)30-54-29-34(44)28-46/h9,28,31-32,34-39H,6-8,10-27,29-30,44H2,1-5H3,(H,45,47)/t32-,34-,35?,36+,37-,38+,39+,42+,43-/m1/s1. The zero-order valence-corrected chi connectivity index (χ0v) is 35.1. The molecule has 0 aromatic carbocycles. The first-order valence-electron chi connectivity index (χ1n) is 21.2. The lowest BCUT2D eigenvalue weighted by molar-refractivity contribution is -0.153. The molecule has 3 N–H and O–H groups in total. The lowest BCUT2D eigenvalue weighted by Gasteiger charge is -2.58. The maximum atomic E-state index is 12.7. The molecule has 11 heteroatoms. The van der Waals surface area contributed by atoms with Gasteiger partial charge >= 0.3 is 5.97 Å². The molecular formula is C43H74N2O8S. The van der Waals surface area contributed by atoms with Crippen molar-refractivity contribution in [1.82, 2.24) is 5.32 Å². The van der Waals surface area contributed by atoms with E-state index in [2.05, 4.69) is 46.0 Å². The quantitative estimate of drug-likeness (QED) is 0.0419. The van der Waals surface area contributed by atoms with Crippen LogP contribution < -0.4 is 11.1 Å². The predicted octanol–water partition coefficient (Wildman–Crippen LogP) is 6.77. The van der Waals surface area contributed by atoms with Gasteiger partial charge in [0.2, 0.25) is 5.91 Å². The normalized spacial score (nSPS) is 30.1. The van der Waals surface area contributed by atoms with Crippen LogP contribution in [0.5, 0.6) is 0 Å². The van der Waals surface area contributed by atoms with Gasteiger partial charge in [-0.3, -0.25) is 9.59 Å². The van der Waals surface area contributed by atoms with Crippen LogP contribution in [0, 0.1) is 46.3 Å². The van der Waals surface area contributed by atoms with E-state index in [9.17, 15) is 14.4 Å². The fourth-order valence-electron chi connectivity index (χ4n) is 10.6. The number of nitrogens with two attached hydrogens (primary N) is 1. The topological polar surface area (TPSA) is 135 Å². The summed E-state index contributed by atoms with van der Waals surface area (Å²) in [7, 11) is 0. The van der Waals surface area contributed by atoms with Gasteiger partial charge in [0.15, 0.2) is 0 Å². The first kappa shape index (κ1) is 45.2. The molecule has 310 valence electrons. The summed E-state index contributed by atoms with van der Waals surface area (Å²) in [5, 5.41) is 2.76. The van der Waals surface area contributed by atoms with E-state index < -0.39 is 6.04 Å². The van der Waals surface area contributed by atoms with Crippen LogP contribution in [0.15, 0.2) is 11.6 Å². The highest BCUT2D eigenvalue weighted by Gasteiger charge is 2.59. The molecule has 0 saturated heterocycles. The fourth-order valence-corrected chi connectivity index (χ4v) is 11.3. The lowest BCUT2D eigenvalue weighted by Crippen LogP contribution is -2.51. The highest BCUT2D eigenvalue weighted by molar-refractivity contribution is 8.00. The second kappa shape index (κ2) is 23.0. The number of esters is 1. The molecule has 4 aliphatic rings. The van der Waals surface area contributed by atoms with Crippen molar-refractivity contribution in [2.75, 3.05) is 70.9 Å². The van der Waals surface area contributed by atoms with Crippen LogP contribution in [0.25, 0.3) is 0 Å². The minimum absolute atomic E-state index is 0.0190. The molecule has 4 rings (SSSR count). The minimum Gasteiger partial charge on any atom is -0.462 e. The number of allylic oxidation sites excluding steroid dienone is 1. The SMILES string of the molecule is CC(C)CCC[C@@H](C)[C@H]1CC[C@H]2[C@@H]3CC=C4CC(OC(=O)CCOCCOCCOCCOCCNC(=O)CSC[C@H](N)C=O)CC[C@]4(C)[C@H]3CC[C@]12C. The number of fused-ring (bicyclic) bond motifs is 5. The summed E-state index contributed by atoms with van der Waals surface area (Å²) in [6, 6.07) is -0.535. The zero-order chi connectivity index (χ0) is 39.0. The molecule has 54 heavy (non-hydrogen) atoms. The van der Waals surface area contributed by atoms with Gasteiger partial charge in [0.25, 0.3) is 0 Å². The van der Waals surface area contributed by atoms with Gasteiger partial charge in [-0.1, -0.05) is 65.5 Å². The fraction of sp³-hybridized carbons (Fsp3) is 0.884. The van der Waals surface area contributed by atoms with Gasteiger partial charge < -0.3 is 39.5 Å². The largest absolute Gasteiger partial charge is 0.462 e. The Balaban J connectivity index is 1.01. The number of carbonyl (C=O) groups excluding carboxylic acids is 3. The van der Waals surface area contributed by atoms with E-state index in [1.54, 1.807) is 5.57 Å². The molecule has 0 heterocycles. The molecule has 4 aliphatic carbocycles. The van der Waals surface area contributed by atoms with Crippen LogP contribution >= 0.6 is 11.8 Å². The van der Waals surface area contributed by atoms with Gasteiger partial charge in [-0.15, -0.1) is 11.8 Å². The van der Waals surface area contributed by atoms with Crippen molar-refractivity contribution < 1.29 is 38.1 Å². The monoisotopic (exact) mass is 779 g/mol. The lowest BCUT2D eigenvalue weighted by atomic mass is 9.47. The molecule has 1 unspecified atom stereocenters. The molecule has 0 aromatic heterocycles. The van der Waals surface area contributed by atoms with E-state index in [0.29, 0.717) is 76.9 Å². The Bertz CT molecular complexity index is 1190. The van der Waals surface area contributed by atoms with Crippen LogP contribution in [0.1, 0.15) is 112 Å². The second-order valence-corrected chi connectivity index (χ2v) is 18.5. The summed E-state index contributed by atoms with van der Waals surface area (Å²) in [5.41, 5.74) is 7.82. The number of hydrogen-bond acceptors (Lipinski definition) is 10. The number of rotatable bonds is 26. The average Bonchev–Trinajstić information content (AvgIpc) is 3.50. The summed E-state index contributed by atoms with van der Waals surface area (Å²) in [6.45, 7) is 16.2. The molecule has 0 spiro atoms. The maximum Gasteiger partial charge on any atom is 0.308 e. The molecule has 9 atom stereocenters. The average molecular weight is 779 g/mol. The number of thioether (sulfide) groups is 1. The molecule has 0 radical (unpaired) electrons. The van der Waals surface area contributed by atoms with Gasteiger partial charge in [0.05, 0.1) is 71.1 Å². The highest BCUT2D eigenvalue weighted by Crippen LogP contribution is 2.67. The predicted molar refractivity (Wildman–Crippen MR) is 215 cm³/mol. The molecule has 10 nitrogen and oxygen atoms in total.